The zero-order valence-corrected chi connectivity index (χ0v) is 7.86. The quantitative estimate of drug-likeness (QED) is 0.664. The largest absolute Gasteiger partial charge is 0.481 e. The highest BCUT2D eigenvalue weighted by Crippen LogP contribution is 2.14. The number of urea groups is 1. The Balaban J connectivity index is 2.53. The van der Waals surface area contributed by atoms with E-state index in [9.17, 15) is 9.59 Å². The Morgan fingerprint density at radius 2 is 1.92 bits per heavy atom. The third kappa shape index (κ3) is 2.34. The summed E-state index contributed by atoms with van der Waals surface area (Å²) in [5.74, 6) is -0.758. The summed E-state index contributed by atoms with van der Waals surface area (Å²) in [4.78, 5) is 24.8. The Bertz CT molecular complexity index is 215. The molecule has 0 unspecified atom stereocenters. The van der Waals surface area contributed by atoms with Crippen LogP contribution in [-0.4, -0.2) is 54.1 Å². The van der Waals surface area contributed by atoms with Gasteiger partial charge in [-0.25, -0.2) is 4.79 Å². The van der Waals surface area contributed by atoms with Crippen LogP contribution in [0.4, 0.5) is 4.79 Å². The molecule has 0 bridgehead atoms. The molecule has 5 nitrogen and oxygen atoms in total. The van der Waals surface area contributed by atoms with Crippen LogP contribution in [0.1, 0.15) is 6.42 Å². The smallest absolute Gasteiger partial charge is 0.319 e. The fourth-order valence-electron chi connectivity index (χ4n) is 1.66. The van der Waals surface area contributed by atoms with Crippen LogP contribution in [-0.2, 0) is 4.79 Å². The number of carbonyl (C=O) groups excluding carboxylic acids is 1. The SMILES string of the molecule is CN1CC(CC(=O)O)CN(C)C1=O. The average Bonchev–Trinajstić information content (AvgIpc) is 1.98. The predicted octanol–water partition coefficient (Wildman–Crippen LogP) is 0.0745. The average molecular weight is 186 g/mol. The number of rotatable bonds is 2. The second-order valence-corrected chi connectivity index (χ2v) is 3.51. The number of carboxylic acid groups (broad SMARTS) is 1. The first-order valence-electron chi connectivity index (χ1n) is 4.18. The van der Waals surface area contributed by atoms with Crippen molar-refractivity contribution in [2.24, 2.45) is 5.92 Å². The maximum atomic E-state index is 11.3. The van der Waals surface area contributed by atoms with Gasteiger partial charge in [-0.05, 0) is 0 Å². The molecule has 1 rings (SSSR count). The molecule has 0 radical (unpaired) electrons. The van der Waals surface area contributed by atoms with E-state index in [1.54, 1.807) is 23.9 Å². The summed E-state index contributed by atoms with van der Waals surface area (Å²) in [6.07, 6.45) is 0.127. The molecule has 1 aliphatic heterocycles. The van der Waals surface area contributed by atoms with Crippen molar-refractivity contribution in [1.29, 1.82) is 0 Å². The Morgan fingerprint density at radius 1 is 1.46 bits per heavy atom. The highest BCUT2D eigenvalue weighted by molar-refractivity contribution is 5.75. The molecule has 0 saturated carbocycles. The van der Waals surface area contributed by atoms with Gasteiger partial charge in [0.25, 0.3) is 0 Å². The third-order valence-corrected chi connectivity index (χ3v) is 2.18. The monoisotopic (exact) mass is 186 g/mol. The Labute approximate surface area is 76.9 Å². The topological polar surface area (TPSA) is 60.9 Å². The van der Waals surface area contributed by atoms with E-state index in [1.165, 1.54) is 0 Å². The van der Waals surface area contributed by atoms with Gasteiger partial charge in [0.15, 0.2) is 0 Å². The summed E-state index contributed by atoms with van der Waals surface area (Å²) in [7, 11) is 3.37. The number of carboxylic acids is 1. The first-order chi connectivity index (χ1) is 6.00. The predicted molar refractivity (Wildman–Crippen MR) is 46.4 cm³/mol. The van der Waals surface area contributed by atoms with Crippen LogP contribution in [0.25, 0.3) is 0 Å². The lowest BCUT2D eigenvalue weighted by Crippen LogP contribution is -2.50. The molecule has 74 valence electrons. The first-order valence-corrected chi connectivity index (χ1v) is 4.18. The minimum Gasteiger partial charge on any atom is -0.481 e. The van der Waals surface area contributed by atoms with Gasteiger partial charge < -0.3 is 14.9 Å². The second-order valence-electron chi connectivity index (χ2n) is 3.51. The number of nitrogens with zero attached hydrogens (tertiary/aromatic N) is 2. The molecule has 0 aliphatic carbocycles. The van der Waals surface area contributed by atoms with Crippen LogP contribution in [0.5, 0.6) is 0 Å². The van der Waals surface area contributed by atoms with Crippen molar-refractivity contribution < 1.29 is 14.7 Å². The van der Waals surface area contributed by atoms with Gasteiger partial charge in [-0.15, -0.1) is 0 Å². The summed E-state index contributed by atoms with van der Waals surface area (Å²) < 4.78 is 0. The number of hydrogen-bond donors (Lipinski definition) is 1. The third-order valence-electron chi connectivity index (χ3n) is 2.18. The van der Waals surface area contributed by atoms with Gasteiger partial charge in [0, 0.05) is 33.1 Å². The fraction of sp³-hybridized carbons (Fsp3) is 0.750. The van der Waals surface area contributed by atoms with Crippen molar-refractivity contribution in [1.82, 2.24) is 9.80 Å². The number of hydrogen-bond acceptors (Lipinski definition) is 2. The summed E-state index contributed by atoms with van der Waals surface area (Å²) in [6, 6.07) is -0.0401. The summed E-state index contributed by atoms with van der Waals surface area (Å²) in [5, 5.41) is 8.58. The number of amides is 2. The van der Waals surface area contributed by atoms with Crippen molar-refractivity contribution in [3.63, 3.8) is 0 Å². The minimum absolute atomic E-state index is 0.0401. The van der Waals surface area contributed by atoms with E-state index in [4.69, 9.17) is 5.11 Å². The fourth-order valence-corrected chi connectivity index (χ4v) is 1.66. The zero-order valence-electron chi connectivity index (χ0n) is 7.86. The number of aliphatic carboxylic acids is 1. The number of carbonyl (C=O) groups is 2. The molecular weight excluding hydrogens is 172 g/mol. The molecule has 0 spiro atoms. The van der Waals surface area contributed by atoms with E-state index in [1.807, 2.05) is 0 Å². The van der Waals surface area contributed by atoms with E-state index in [0.717, 1.165) is 0 Å². The zero-order chi connectivity index (χ0) is 10.0. The highest BCUT2D eigenvalue weighted by atomic mass is 16.4. The van der Waals surface area contributed by atoms with Crippen LogP contribution < -0.4 is 0 Å². The molecule has 0 atom stereocenters. The van der Waals surface area contributed by atoms with Crippen molar-refractivity contribution in [3.8, 4) is 0 Å². The molecule has 0 aromatic rings. The van der Waals surface area contributed by atoms with E-state index in [0.29, 0.717) is 13.1 Å². The van der Waals surface area contributed by atoms with Crippen LogP contribution in [0.15, 0.2) is 0 Å². The molecule has 0 aromatic carbocycles. The second kappa shape index (κ2) is 3.64. The maximum absolute atomic E-state index is 11.3. The van der Waals surface area contributed by atoms with E-state index in [-0.39, 0.29) is 18.4 Å². The molecular formula is C8H14N2O3. The van der Waals surface area contributed by atoms with Crippen molar-refractivity contribution in [2.75, 3.05) is 27.2 Å². The van der Waals surface area contributed by atoms with Crippen LogP contribution >= 0.6 is 0 Å². The van der Waals surface area contributed by atoms with E-state index < -0.39 is 5.97 Å². The lowest BCUT2D eigenvalue weighted by molar-refractivity contribution is -0.138. The standard InChI is InChI=1S/C8H14N2O3/c1-9-4-6(3-7(11)12)5-10(2)8(9)13/h6H,3-5H2,1-2H3,(H,11,12). The molecule has 1 aliphatic rings. The van der Waals surface area contributed by atoms with E-state index in [2.05, 4.69) is 0 Å². The van der Waals surface area contributed by atoms with Gasteiger partial charge >= 0.3 is 12.0 Å². The van der Waals surface area contributed by atoms with Gasteiger partial charge in [0.05, 0.1) is 6.42 Å². The molecule has 1 heterocycles. The van der Waals surface area contributed by atoms with Gasteiger partial charge in [-0.2, -0.15) is 0 Å². The minimum atomic E-state index is -0.804. The van der Waals surface area contributed by atoms with Crippen molar-refractivity contribution in [2.45, 2.75) is 6.42 Å². The van der Waals surface area contributed by atoms with Gasteiger partial charge in [-0.1, -0.05) is 0 Å². The molecule has 1 saturated heterocycles. The molecule has 1 fully saturated rings. The Hall–Kier alpha value is -1.26. The van der Waals surface area contributed by atoms with Gasteiger partial charge in [0.1, 0.15) is 0 Å². The Morgan fingerprint density at radius 3 is 2.31 bits per heavy atom. The summed E-state index contributed by atoms with van der Waals surface area (Å²) in [5.41, 5.74) is 0. The molecule has 5 heteroatoms. The highest BCUT2D eigenvalue weighted by Gasteiger charge is 2.28. The summed E-state index contributed by atoms with van der Waals surface area (Å²) in [6.45, 7) is 1.07. The van der Waals surface area contributed by atoms with Gasteiger partial charge in [0.2, 0.25) is 0 Å². The molecule has 13 heavy (non-hydrogen) atoms. The normalized spacial score (nSPS) is 19.4. The lowest BCUT2D eigenvalue weighted by Gasteiger charge is -2.35. The molecule has 1 N–H and O–H groups in total. The van der Waals surface area contributed by atoms with Crippen LogP contribution in [0.3, 0.4) is 0 Å². The molecule has 2 amide bonds. The van der Waals surface area contributed by atoms with Crippen molar-refractivity contribution >= 4 is 12.0 Å². The van der Waals surface area contributed by atoms with Crippen LogP contribution in [0.2, 0.25) is 0 Å². The maximum Gasteiger partial charge on any atom is 0.319 e. The van der Waals surface area contributed by atoms with Crippen molar-refractivity contribution in [3.05, 3.63) is 0 Å². The lowest BCUT2D eigenvalue weighted by atomic mass is 10.0. The van der Waals surface area contributed by atoms with E-state index >= 15 is 0 Å². The van der Waals surface area contributed by atoms with Gasteiger partial charge in [-0.3, -0.25) is 4.79 Å². The Kier molecular flexibility index (Phi) is 2.75. The van der Waals surface area contributed by atoms with Crippen LogP contribution in [0, 0.1) is 5.92 Å². The first kappa shape index (κ1) is 9.83. The molecule has 0 aromatic heterocycles. The summed E-state index contributed by atoms with van der Waals surface area (Å²) >= 11 is 0.